The van der Waals surface area contributed by atoms with Crippen LogP contribution in [-0.4, -0.2) is 49.6 Å². The summed E-state index contributed by atoms with van der Waals surface area (Å²) >= 11 is 0. The number of carbonyl (C=O) groups excluding carboxylic acids is 1. The van der Waals surface area contributed by atoms with Gasteiger partial charge in [-0.1, -0.05) is 12.1 Å². The molecule has 2 aliphatic rings. The molecule has 5 heteroatoms. The van der Waals surface area contributed by atoms with Gasteiger partial charge in [-0.05, 0) is 25.0 Å². The first-order valence-corrected chi connectivity index (χ1v) is 7.83. The van der Waals surface area contributed by atoms with E-state index in [9.17, 15) is 4.79 Å². The lowest BCUT2D eigenvalue weighted by molar-refractivity contribution is -0.121. The molecular formula is C16H24N4O. The van der Waals surface area contributed by atoms with E-state index in [0.29, 0.717) is 12.5 Å². The van der Waals surface area contributed by atoms with Gasteiger partial charge >= 0.3 is 0 Å². The lowest BCUT2D eigenvalue weighted by Gasteiger charge is -2.36. The summed E-state index contributed by atoms with van der Waals surface area (Å²) in [5.74, 6) is 0.201. The Hall–Kier alpha value is -1.75. The van der Waals surface area contributed by atoms with Gasteiger partial charge in [-0.25, -0.2) is 0 Å². The highest BCUT2D eigenvalue weighted by Crippen LogP contribution is 2.23. The highest BCUT2D eigenvalue weighted by molar-refractivity contribution is 5.76. The summed E-state index contributed by atoms with van der Waals surface area (Å²) in [5, 5.41) is 3.04. The van der Waals surface area contributed by atoms with Crippen molar-refractivity contribution in [3.05, 3.63) is 24.3 Å². The van der Waals surface area contributed by atoms with E-state index in [0.717, 1.165) is 56.9 Å². The van der Waals surface area contributed by atoms with Crippen LogP contribution in [0.15, 0.2) is 24.3 Å². The smallest absolute Gasteiger partial charge is 0.221 e. The molecule has 1 heterocycles. The van der Waals surface area contributed by atoms with Crippen molar-refractivity contribution in [1.29, 1.82) is 0 Å². The molecular weight excluding hydrogens is 264 g/mol. The summed E-state index contributed by atoms with van der Waals surface area (Å²) < 4.78 is 0. The van der Waals surface area contributed by atoms with Crippen LogP contribution in [0, 0.1) is 0 Å². The Bertz CT molecular complexity index is 493. The van der Waals surface area contributed by atoms with Crippen LogP contribution in [0.1, 0.15) is 19.3 Å². The minimum atomic E-state index is 0.201. The monoisotopic (exact) mass is 288 g/mol. The number of piperazine rings is 1. The van der Waals surface area contributed by atoms with Crippen LogP contribution in [0.4, 0.5) is 11.4 Å². The zero-order chi connectivity index (χ0) is 14.7. The number of nitrogens with zero attached hydrogens (tertiary/aromatic N) is 2. The fourth-order valence-electron chi connectivity index (χ4n) is 2.78. The molecule has 1 aromatic rings. The summed E-state index contributed by atoms with van der Waals surface area (Å²) in [6.45, 7) is 4.78. The van der Waals surface area contributed by atoms with Gasteiger partial charge in [0.25, 0.3) is 0 Å². The summed E-state index contributed by atoms with van der Waals surface area (Å²) in [6, 6.07) is 8.49. The molecule has 3 rings (SSSR count). The summed E-state index contributed by atoms with van der Waals surface area (Å²) in [4.78, 5) is 16.4. The number of para-hydroxylation sites is 2. The van der Waals surface area contributed by atoms with E-state index in [1.807, 2.05) is 18.2 Å². The number of nitrogens with one attached hydrogen (secondary N) is 1. The number of rotatable bonds is 5. The third-order valence-electron chi connectivity index (χ3n) is 4.25. The molecule has 0 radical (unpaired) electrons. The average Bonchev–Trinajstić information content (AvgIpc) is 3.30. The molecule has 1 aromatic carbocycles. The minimum absolute atomic E-state index is 0.201. The Balaban J connectivity index is 1.42. The zero-order valence-electron chi connectivity index (χ0n) is 12.4. The highest BCUT2D eigenvalue weighted by atomic mass is 16.1. The molecule has 1 saturated heterocycles. The van der Waals surface area contributed by atoms with Crippen LogP contribution in [0.2, 0.25) is 0 Å². The van der Waals surface area contributed by atoms with Crippen molar-refractivity contribution < 1.29 is 4.79 Å². The molecule has 1 saturated carbocycles. The van der Waals surface area contributed by atoms with Crippen molar-refractivity contribution in [1.82, 2.24) is 10.2 Å². The first-order valence-electron chi connectivity index (χ1n) is 7.83. The predicted octanol–water partition coefficient (Wildman–Crippen LogP) is 1.06. The quantitative estimate of drug-likeness (QED) is 0.795. The van der Waals surface area contributed by atoms with Gasteiger partial charge in [0, 0.05) is 45.2 Å². The number of carbonyl (C=O) groups is 1. The first-order chi connectivity index (χ1) is 10.2. The largest absolute Gasteiger partial charge is 0.397 e. The Morgan fingerprint density at radius 1 is 1.19 bits per heavy atom. The number of benzene rings is 1. The topological polar surface area (TPSA) is 61.6 Å². The zero-order valence-corrected chi connectivity index (χ0v) is 12.4. The van der Waals surface area contributed by atoms with Gasteiger partial charge in [0.05, 0.1) is 11.4 Å². The van der Waals surface area contributed by atoms with Gasteiger partial charge in [-0.3, -0.25) is 9.69 Å². The second-order valence-corrected chi connectivity index (χ2v) is 5.98. The fraction of sp³-hybridized carbons (Fsp3) is 0.562. The maximum atomic E-state index is 11.7. The van der Waals surface area contributed by atoms with Crippen molar-refractivity contribution >= 4 is 17.3 Å². The Morgan fingerprint density at radius 2 is 1.90 bits per heavy atom. The number of hydrogen-bond donors (Lipinski definition) is 2. The molecule has 5 nitrogen and oxygen atoms in total. The first kappa shape index (κ1) is 14.2. The minimum Gasteiger partial charge on any atom is -0.397 e. The third kappa shape index (κ3) is 3.88. The molecule has 2 fully saturated rings. The second kappa shape index (κ2) is 6.35. The molecule has 114 valence electrons. The maximum absolute atomic E-state index is 11.7. The van der Waals surface area contributed by atoms with Crippen molar-refractivity contribution in [2.24, 2.45) is 0 Å². The molecule has 21 heavy (non-hydrogen) atoms. The maximum Gasteiger partial charge on any atom is 0.221 e. The van der Waals surface area contributed by atoms with Gasteiger partial charge in [0.1, 0.15) is 0 Å². The molecule has 0 atom stereocenters. The summed E-state index contributed by atoms with van der Waals surface area (Å²) in [6.07, 6.45) is 2.93. The van der Waals surface area contributed by atoms with Crippen LogP contribution in [0.5, 0.6) is 0 Å². The van der Waals surface area contributed by atoms with Gasteiger partial charge in [-0.2, -0.15) is 0 Å². The van der Waals surface area contributed by atoms with E-state index in [2.05, 4.69) is 21.2 Å². The Kier molecular flexibility index (Phi) is 4.29. The standard InChI is InChI=1S/C16H24N4O/c17-14-3-1-2-4-15(14)20-11-9-19(10-12-20)8-7-16(21)18-13-5-6-13/h1-4,13H,5-12,17H2,(H,18,21). The van der Waals surface area contributed by atoms with Crippen molar-refractivity contribution in [3.63, 3.8) is 0 Å². The van der Waals surface area contributed by atoms with Gasteiger partial charge in [-0.15, -0.1) is 0 Å². The van der Waals surface area contributed by atoms with Crippen molar-refractivity contribution in [2.45, 2.75) is 25.3 Å². The van der Waals surface area contributed by atoms with Crippen LogP contribution < -0.4 is 16.0 Å². The molecule has 0 spiro atoms. The van der Waals surface area contributed by atoms with Gasteiger partial charge in [0.2, 0.25) is 5.91 Å². The third-order valence-corrected chi connectivity index (χ3v) is 4.25. The van der Waals surface area contributed by atoms with Crippen LogP contribution in [0.25, 0.3) is 0 Å². The predicted molar refractivity (Wildman–Crippen MR) is 85.3 cm³/mol. The number of nitrogen functional groups attached to an aromatic ring is 1. The molecule has 1 amide bonds. The molecule has 0 bridgehead atoms. The lowest BCUT2D eigenvalue weighted by Crippen LogP contribution is -2.47. The molecule has 1 aliphatic heterocycles. The second-order valence-electron chi connectivity index (χ2n) is 5.98. The average molecular weight is 288 g/mol. The molecule has 0 unspecified atom stereocenters. The number of nitrogens with two attached hydrogens (primary N) is 1. The van der Waals surface area contributed by atoms with E-state index < -0.39 is 0 Å². The van der Waals surface area contributed by atoms with Crippen LogP contribution in [-0.2, 0) is 4.79 Å². The Morgan fingerprint density at radius 3 is 2.57 bits per heavy atom. The fourth-order valence-corrected chi connectivity index (χ4v) is 2.78. The lowest BCUT2D eigenvalue weighted by atomic mass is 10.2. The highest BCUT2D eigenvalue weighted by Gasteiger charge is 2.24. The van der Waals surface area contributed by atoms with E-state index in [4.69, 9.17) is 5.73 Å². The number of anilines is 2. The van der Waals surface area contributed by atoms with Crippen molar-refractivity contribution in [2.75, 3.05) is 43.4 Å². The van der Waals surface area contributed by atoms with Crippen LogP contribution >= 0.6 is 0 Å². The molecule has 0 aromatic heterocycles. The van der Waals surface area contributed by atoms with E-state index >= 15 is 0 Å². The van der Waals surface area contributed by atoms with Crippen molar-refractivity contribution in [3.8, 4) is 0 Å². The summed E-state index contributed by atoms with van der Waals surface area (Å²) in [7, 11) is 0. The number of amides is 1. The molecule has 3 N–H and O–H groups in total. The summed E-state index contributed by atoms with van der Waals surface area (Å²) in [5.41, 5.74) is 8.00. The van der Waals surface area contributed by atoms with Crippen LogP contribution in [0.3, 0.4) is 0 Å². The molecule has 1 aliphatic carbocycles. The normalized spacial score (nSPS) is 19.5. The number of hydrogen-bond acceptors (Lipinski definition) is 4. The SMILES string of the molecule is Nc1ccccc1N1CCN(CCC(=O)NC2CC2)CC1. The van der Waals surface area contributed by atoms with Gasteiger partial charge < -0.3 is 16.0 Å². The van der Waals surface area contributed by atoms with Gasteiger partial charge in [0.15, 0.2) is 0 Å². The van der Waals surface area contributed by atoms with E-state index in [1.54, 1.807) is 0 Å². The van der Waals surface area contributed by atoms with E-state index in [-0.39, 0.29) is 5.91 Å². The van der Waals surface area contributed by atoms with E-state index in [1.165, 1.54) is 0 Å². The Labute approximate surface area is 126 Å².